The number of anilines is 1. The first-order chi connectivity index (χ1) is 20.4. The summed E-state index contributed by atoms with van der Waals surface area (Å²) in [6.45, 7) is 7.21. The monoisotopic (exact) mass is 594 g/mol. The van der Waals surface area contributed by atoms with E-state index >= 15 is 0 Å². The van der Waals surface area contributed by atoms with Crippen molar-refractivity contribution in [1.82, 2.24) is 19.8 Å². The van der Waals surface area contributed by atoms with Crippen molar-refractivity contribution in [3.8, 4) is 22.9 Å². The number of nitrogens with two attached hydrogens (primary N) is 1. The number of carbonyl (C=O) groups is 1. The second-order valence-corrected chi connectivity index (χ2v) is 11.0. The van der Waals surface area contributed by atoms with Crippen LogP contribution in [0.4, 0.5) is 18.9 Å². The Bertz CT molecular complexity index is 1590. The normalized spacial score (nSPS) is 19.4. The summed E-state index contributed by atoms with van der Waals surface area (Å²) in [5.74, 6) is 0.0367. The van der Waals surface area contributed by atoms with Crippen LogP contribution >= 0.6 is 0 Å². The third-order valence-corrected chi connectivity index (χ3v) is 8.32. The maximum Gasteiger partial charge on any atom is 0.433 e. The lowest BCUT2D eigenvalue weighted by Crippen LogP contribution is -2.58. The highest BCUT2D eigenvalue weighted by molar-refractivity contribution is 5.99. The quantitative estimate of drug-likeness (QED) is 0.393. The van der Waals surface area contributed by atoms with Crippen molar-refractivity contribution in [3.05, 3.63) is 70.3 Å². The molecule has 4 heterocycles. The van der Waals surface area contributed by atoms with E-state index in [1.165, 1.54) is 12.3 Å². The number of nitrogens with zero attached hydrogens (tertiary/aromatic N) is 5. The number of alkyl halides is 3. The Morgan fingerprint density at radius 2 is 1.93 bits per heavy atom. The number of aliphatic hydroxyl groups is 1. The molecule has 0 radical (unpaired) electrons. The van der Waals surface area contributed by atoms with Crippen LogP contribution in [0.1, 0.15) is 65.2 Å². The van der Waals surface area contributed by atoms with E-state index in [1.54, 1.807) is 30.0 Å². The van der Waals surface area contributed by atoms with E-state index in [-0.39, 0.29) is 40.9 Å². The van der Waals surface area contributed by atoms with Crippen molar-refractivity contribution >= 4 is 11.6 Å². The van der Waals surface area contributed by atoms with Gasteiger partial charge in [-0.05, 0) is 62.4 Å². The highest BCUT2D eigenvalue weighted by Gasteiger charge is 2.38. The lowest BCUT2D eigenvalue weighted by molar-refractivity contribution is -0.140. The molecule has 1 amide bonds. The van der Waals surface area contributed by atoms with Crippen LogP contribution in [-0.2, 0) is 19.0 Å². The van der Waals surface area contributed by atoms with Crippen LogP contribution in [0.5, 0.6) is 5.75 Å². The molecule has 0 aliphatic carbocycles. The number of fused-ring (bicyclic) bond motifs is 1. The summed E-state index contributed by atoms with van der Waals surface area (Å²) in [6, 6.07) is 7.90. The molecule has 1 fully saturated rings. The topological polar surface area (TPSA) is 129 Å². The predicted molar refractivity (Wildman–Crippen MR) is 153 cm³/mol. The van der Waals surface area contributed by atoms with E-state index < -0.39 is 24.0 Å². The number of hydrogen-bond donors (Lipinski definition) is 2. The highest BCUT2D eigenvalue weighted by Crippen LogP contribution is 2.41. The smallest absolute Gasteiger partial charge is 0.433 e. The summed E-state index contributed by atoms with van der Waals surface area (Å²) < 4.78 is 47.9. The number of amides is 1. The van der Waals surface area contributed by atoms with Gasteiger partial charge in [0.05, 0.1) is 36.3 Å². The van der Waals surface area contributed by atoms with Crippen molar-refractivity contribution in [3.63, 3.8) is 0 Å². The lowest BCUT2D eigenvalue weighted by atomic mass is 9.86. The van der Waals surface area contributed by atoms with E-state index in [1.807, 2.05) is 19.9 Å². The van der Waals surface area contributed by atoms with Crippen molar-refractivity contribution < 1.29 is 27.8 Å². The summed E-state index contributed by atoms with van der Waals surface area (Å²) in [5, 5.41) is 19.3. The summed E-state index contributed by atoms with van der Waals surface area (Å²) in [5.41, 5.74) is 7.37. The molecule has 5 rings (SSSR count). The Labute approximate surface area is 247 Å². The first-order valence-electron chi connectivity index (χ1n) is 14.2. The highest BCUT2D eigenvalue weighted by atomic mass is 19.4. The minimum atomic E-state index is -4.73. The lowest BCUT2D eigenvalue weighted by Gasteiger charge is -2.43. The van der Waals surface area contributed by atoms with Gasteiger partial charge >= 0.3 is 6.18 Å². The summed E-state index contributed by atoms with van der Waals surface area (Å²) in [4.78, 5) is 25.8. The van der Waals surface area contributed by atoms with Gasteiger partial charge in [-0.1, -0.05) is 6.07 Å². The van der Waals surface area contributed by atoms with Gasteiger partial charge in [-0.2, -0.15) is 18.4 Å². The molecular weight excluding hydrogens is 561 g/mol. The van der Waals surface area contributed by atoms with Gasteiger partial charge in [-0.3, -0.25) is 14.7 Å². The van der Waals surface area contributed by atoms with Crippen LogP contribution in [0.25, 0.3) is 11.1 Å². The number of halogens is 3. The van der Waals surface area contributed by atoms with E-state index in [4.69, 9.17) is 10.5 Å². The van der Waals surface area contributed by atoms with Crippen LogP contribution in [0.3, 0.4) is 0 Å². The number of ether oxygens (including phenoxy) is 1. The molecule has 2 aliphatic rings. The molecule has 0 saturated carbocycles. The molecule has 3 aromatic rings. The number of rotatable bonds is 8. The molecule has 1 unspecified atom stereocenters. The molecule has 2 aromatic heterocycles. The SMILES string of the molecule is CCOc1cc(C(C)N2CCc3c(cc(CCN4C[C@@H](O)[C@H]4C)cc3-c3cc(N)cnc3C(F)(F)F)C2=O)ncc1C#N. The average Bonchev–Trinajstić information content (AvgIpc) is 2.98. The zero-order chi connectivity index (χ0) is 31.1. The first kappa shape index (κ1) is 30.3. The average molecular weight is 595 g/mol. The van der Waals surface area contributed by atoms with Crippen molar-refractivity contribution in [2.24, 2.45) is 0 Å². The molecule has 12 heteroatoms. The predicted octanol–water partition coefficient (Wildman–Crippen LogP) is 4.38. The summed E-state index contributed by atoms with van der Waals surface area (Å²) >= 11 is 0. The molecule has 1 aromatic carbocycles. The Balaban J connectivity index is 1.56. The van der Waals surface area contributed by atoms with Crippen molar-refractivity contribution in [2.75, 3.05) is 32.0 Å². The van der Waals surface area contributed by atoms with E-state index in [0.29, 0.717) is 60.7 Å². The molecule has 0 bridgehead atoms. The standard InChI is InChI=1S/C31H33F3N6O3/c1-4-43-28-12-26(37-14-20(28)13-35)17(2)40-8-6-22-23(24-11-21(36)15-38-29(24)31(32,33)34)9-19(10-25(22)30(40)42)5-7-39-16-27(41)18(39)3/h9-12,14-15,17-18,27,41H,4-8,16,36H2,1-3H3/t17?,18-,27-/m1/s1. The Hall–Kier alpha value is -4.21. The number of benzene rings is 1. The van der Waals surface area contributed by atoms with Gasteiger partial charge in [0.15, 0.2) is 5.69 Å². The van der Waals surface area contributed by atoms with E-state index in [0.717, 1.165) is 6.20 Å². The van der Waals surface area contributed by atoms with Gasteiger partial charge in [0, 0.05) is 49.1 Å². The first-order valence-corrected chi connectivity index (χ1v) is 14.2. The fourth-order valence-electron chi connectivity index (χ4n) is 5.78. The van der Waals surface area contributed by atoms with Crippen LogP contribution in [0.15, 0.2) is 36.7 Å². The van der Waals surface area contributed by atoms with Crippen LogP contribution in [0.2, 0.25) is 0 Å². The molecule has 226 valence electrons. The largest absolute Gasteiger partial charge is 0.492 e. The number of aromatic nitrogens is 2. The maximum absolute atomic E-state index is 14.1. The molecule has 2 aliphatic heterocycles. The summed E-state index contributed by atoms with van der Waals surface area (Å²) in [6.07, 6.45) is -1.98. The zero-order valence-corrected chi connectivity index (χ0v) is 24.1. The Morgan fingerprint density at radius 1 is 1.19 bits per heavy atom. The molecule has 3 atom stereocenters. The zero-order valence-electron chi connectivity index (χ0n) is 24.1. The number of hydrogen-bond acceptors (Lipinski definition) is 8. The van der Waals surface area contributed by atoms with E-state index in [2.05, 4.69) is 14.9 Å². The van der Waals surface area contributed by atoms with Gasteiger partial charge in [0.1, 0.15) is 17.4 Å². The van der Waals surface area contributed by atoms with Gasteiger partial charge < -0.3 is 20.5 Å². The second kappa shape index (κ2) is 11.8. The molecule has 1 saturated heterocycles. The fraction of sp³-hybridized carbons (Fsp3) is 0.419. The van der Waals surface area contributed by atoms with E-state index in [9.17, 15) is 28.3 Å². The minimum absolute atomic E-state index is 0.0217. The number of carbonyl (C=O) groups excluding carboxylic acids is 1. The molecule has 43 heavy (non-hydrogen) atoms. The number of β-amino-alcohol motifs (C(OH)–C–C–N with tert-alkyl or cyclic N) is 1. The number of likely N-dealkylation sites (tertiary alicyclic amines) is 1. The van der Waals surface area contributed by atoms with Gasteiger partial charge in [0.25, 0.3) is 5.91 Å². The van der Waals surface area contributed by atoms with Crippen LogP contribution in [-0.4, -0.2) is 69.2 Å². The number of aliphatic hydroxyl groups excluding tert-OH is 1. The van der Waals surface area contributed by atoms with Crippen molar-refractivity contribution in [1.29, 1.82) is 5.26 Å². The molecule has 9 nitrogen and oxygen atoms in total. The third-order valence-electron chi connectivity index (χ3n) is 8.32. The molecule has 3 N–H and O–H groups in total. The Kier molecular flexibility index (Phi) is 8.31. The van der Waals surface area contributed by atoms with Gasteiger partial charge in [-0.25, -0.2) is 4.98 Å². The number of nitriles is 1. The fourth-order valence-corrected chi connectivity index (χ4v) is 5.78. The number of pyridine rings is 2. The molecule has 0 spiro atoms. The third kappa shape index (κ3) is 5.87. The number of nitrogen functional groups attached to an aromatic ring is 1. The second-order valence-electron chi connectivity index (χ2n) is 11.0. The Morgan fingerprint density at radius 3 is 2.58 bits per heavy atom. The van der Waals surface area contributed by atoms with Gasteiger partial charge in [-0.15, -0.1) is 0 Å². The van der Waals surface area contributed by atoms with Gasteiger partial charge in [0.2, 0.25) is 0 Å². The van der Waals surface area contributed by atoms with Crippen LogP contribution in [0, 0.1) is 11.3 Å². The minimum Gasteiger partial charge on any atom is -0.492 e. The van der Waals surface area contributed by atoms with Crippen LogP contribution < -0.4 is 10.5 Å². The maximum atomic E-state index is 14.1. The van der Waals surface area contributed by atoms with Crippen molar-refractivity contribution in [2.45, 2.75) is 58.0 Å². The summed E-state index contributed by atoms with van der Waals surface area (Å²) in [7, 11) is 0. The molecular formula is C31H33F3N6O3.